The van der Waals surface area contributed by atoms with Crippen LogP contribution in [0.15, 0.2) is 57.4 Å². The van der Waals surface area contributed by atoms with Crippen molar-refractivity contribution in [3.63, 3.8) is 0 Å². The van der Waals surface area contributed by atoms with E-state index in [4.69, 9.17) is 10.1 Å². The van der Waals surface area contributed by atoms with E-state index < -0.39 is 11.7 Å². The third kappa shape index (κ3) is 2.55. The minimum atomic E-state index is -1.33. The van der Waals surface area contributed by atoms with Crippen LogP contribution in [-0.2, 0) is 0 Å². The fourth-order valence-electron chi connectivity index (χ4n) is 1.59. The molecule has 1 atom stereocenters. The molecule has 1 heterocycles. The van der Waals surface area contributed by atoms with Crippen molar-refractivity contribution >= 4 is 49.0 Å². The van der Waals surface area contributed by atoms with Gasteiger partial charge in [-0.05, 0) is 0 Å². The molecule has 0 amide bonds. The Balaban J connectivity index is 1.86. The van der Waals surface area contributed by atoms with Gasteiger partial charge in [-0.3, -0.25) is 0 Å². The molecule has 0 aliphatic carbocycles. The normalized spacial score (nSPS) is 17.4. The number of benzene rings is 2. The average molecular weight is 328 g/mol. The first-order chi connectivity index (χ1) is 8.31. The van der Waals surface area contributed by atoms with Gasteiger partial charge in [0.2, 0.25) is 0 Å². The summed E-state index contributed by atoms with van der Waals surface area (Å²) in [4.78, 5) is 1.19. The van der Waals surface area contributed by atoms with Crippen molar-refractivity contribution < 1.29 is 0 Å². The molecule has 3 rings (SSSR count). The van der Waals surface area contributed by atoms with Gasteiger partial charge in [-0.1, -0.05) is 0 Å². The Hall–Kier alpha value is -0.801. The van der Waals surface area contributed by atoms with Crippen molar-refractivity contribution in [2.45, 2.75) is 4.90 Å². The van der Waals surface area contributed by atoms with Crippen molar-refractivity contribution in [2.75, 3.05) is 5.32 Å². The number of nitrogens with one attached hydrogen (secondary N) is 1. The van der Waals surface area contributed by atoms with E-state index in [-0.39, 0.29) is 0 Å². The SMILES string of the molecule is Cl[Se]1=Nc2ccc(Nc3ccccc3)cc2S1. The predicted molar refractivity (Wildman–Crippen MR) is 75.7 cm³/mol. The standard InChI is InChI=1S/C12H9ClN2SSe/c13-17-15-11-7-6-10(8-12(11)16-17)14-9-4-2-1-3-5-9/h1-8,14H. The molecule has 0 aromatic heterocycles. The maximum atomic E-state index is 6.09. The zero-order valence-electron chi connectivity index (χ0n) is 8.76. The molecule has 0 spiro atoms. The first-order valence-corrected chi connectivity index (χ1v) is 10.9. The van der Waals surface area contributed by atoms with Gasteiger partial charge in [-0.25, -0.2) is 0 Å². The van der Waals surface area contributed by atoms with E-state index in [1.54, 1.807) is 10.2 Å². The van der Waals surface area contributed by atoms with Gasteiger partial charge in [0.15, 0.2) is 0 Å². The number of nitrogens with zero attached hydrogens (tertiary/aromatic N) is 1. The Morgan fingerprint density at radius 3 is 2.71 bits per heavy atom. The summed E-state index contributed by atoms with van der Waals surface area (Å²) >= 11 is -1.33. The van der Waals surface area contributed by atoms with Gasteiger partial charge >= 0.3 is 112 Å². The third-order valence-electron chi connectivity index (χ3n) is 2.35. The van der Waals surface area contributed by atoms with Gasteiger partial charge in [0.05, 0.1) is 0 Å². The Morgan fingerprint density at radius 1 is 1.06 bits per heavy atom. The molecule has 1 aliphatic rings. The zero-order valence-corrected chi connectivity index (χ0v) is 12.0. The van der Waals surface area contributed by atoms with E-state index in [0.29, 0.717) is 0 Å². The number of anilines is 2. The van der Waals surface area contributed by atoms with Gasteiger partial charge in [0.1, 0.15) is 0 Å². The number of hydrogen-bond donors (Lipinski definition) is 1. The van der Waals surface area contributed by atoms with E-state index in [0.717, 1.165) is 17.1 Å². The third-order valence-corrected chi connectivity index (χ3v) is 7.43. The molecule has 17 heavy (non-hydrogen) atoms. The molecule has 1 unspecified atom stereocenters. The molecule has 1 aliphatic heterocycles. The molecule has 2 aromatic carbocycles. The topological polar surface area (TPSA) is 24.4 Å². The Morgan fingerprint density at radius 2 is 1.88 bits per heavy atom. The summed E-state index contributed by atoms with van der Waals surface area (Å²) in [6.45, 7) is 0. The summed E-state index contributed by atoms with van der Waals surface area (Å²) in [5.74, 6) is 0. The molecule has 86 valence electrons. The van der Waals surface area contributed by atoms with Crippen LogP contribution in [0, 0.1) is 0 Å². The number of rotatable bonds is 2. The molecule has 0 saturated carbocycles. The Kier molecular flexibility index (Phi) is 3.21. The number of hydrogen-bond acceptors (Lipinski definition) is 3. The molecule has 0 bridgehead atoms. The van der Waals surface area contributed by atoms with Crippen LogP contribution >= 0.6 is 20.3 Å². The van der Waals surface area contributed by atoms with Gasteiger partial charge in [-0.15, -0.1) is 0 Å². The predicted octanol–water partition coefficient (Wildman–Crippen LogP) is 4.66. The second-order valence-corrected chi connectivity index (χ2v) is 10.6. The number of fused-ring (bicyclic) bond motifs is 1. The Bertz CT molecular complexity index is 586. The molecule has 2 nitrogen and oxygen atoms in total. The summed E-state index contributed by atoms with van der Waals surface area (Å²) < 4.78 is 4.43. The fraction of sp³-hybridized carbons (Fsp3) is 0. The summed E-state index contributed by atoms with van der Waals surface area (Å²) in [6, 6.07) is 16.3. The van der Waals surface area contributed by atoms with Crippen LogP contribution in [0.5, 0.6) is 0 Å². The van der Waals surface area contributed by atoms with Crippen molar-refractivity contribution in [1.29, 1.82) is 0 Å². The first-order valence-electron chi connectivity index (χ1n) is 5.08. The second kappa shape index (κ2) is 4.83. The van der Waals surface area contributed by atoms with E-state index in [2.05, 4.69) is 15.3 Å². The fourth-order valence-corrected chi connectivity index (χ4v) is 6.81. The monoisotopic (exact) mass is 328 g/mol. The minimum absolute atomic E-state index is 1.04. The van der Waals surface area contributed by atoms with Gasteiger partial charge < -0.3 is 0 Å². The van der Waals surface area contributed by atoms with E-state index in [9.17, 15) is 0 Å². The molecule has 0 radical (unpaired) electrons. The quantitative estimate of drug-likeness (QED) is 0.811. The second-order valence-electron chi connectivity index (χ2n) is 3.55. The van der Waals surface area contributed by atoms with Crippen LogP contribution < -0.4 is 5.32 Å². The zero-order chi connectivity index (χ0) is 11.7. The van der Waals surface area contributed by atoms with Gasteiger partial charge in [-0.2, -0.15) is 0 Å². The summed E-state index contributed by atoms with van der Waals surface area (Å²) in [6.07, 6.45) is 0. The average Bonchev–Trinajstić information content (AvgIpc) is 2.70. The first kappa shape index (κ1) is 11.3. The van der Waals surface area contributed by atoms with E-state index >= 15 is 0 Å². The molecule has 5 heteroatoms. The van der Waals surface area contributed by atoms with Crippen LogP contribution in [0.2, 0.25) is 0 Å². The summed E-state index contributed by atoms with van der Waals surface area (Å²) in [5.41, 5.74) is 3.20. The van der Waals surface area contributed by atoms with Gasteiger partial charge in [0.25, 0.3) is 0 Å². The van der Waals surface area contributed by atoms with Crippen molar-refractivity contribution in [3.05, 3.63) is 48.5 Å². The van der Waals surface area contributed by atoms with Gasteiger partial charge in [0, 0.05) is 0 Å². The Labute approximate surface area is 111 Å². The van der Waals surface area contributed by atoms with Crippen LogP contribution in [0.25, 0.3) is 0 Å². The van der Waals surface area contributed by atoms with Crippen LogP contribution in [0.1, 0.15) is 0 Å². The summed E-state index contributed by atoms with van der Waals surface area (Å²) in [5, 5.41) is 3.36. The molecule has 0 saturated heterocycles. The molecule has 0 fully saturated rings. The van der Waals surface area contributed by atoms with Crippen molar-refractivity contribution in [2.24, 2.45) is 3.96 Å². The van der Waals surface area contributed by atoms with E-state index in [1.165, 1.54) is 4.90 Å². The molecule has 2 aromatic rings. The summed E-state index contributed by atoms with van der Waals surface area (Å²) in [7, 11) is 7.79. The van der Waals surface area contributed by atoms with E-state index in [1.807, 2.05) is 42.5 Å². The van der Waals surface area contributed by atoms with Crippen LogP contribution in [0.3, 0.4) is 0 Å². The molecular weight excluding hydrogens is 319 g/mol. The van der Waals surface area contributed by atoms with Crippen LogP contribution in [0.4, 0.5) is 17.1 Å². The van der Waals surface area contributed by atoms with Crippen LogP contribution in [-0.4, -0.2) is 11.7 Å². The number of halogens is 1. The number of para-hydroxylation sites is 1. The molecule has 1 N–H and O–H groups in total. The maximum absolute atomic E-state index is 6.09. The molecular formula is C12H9ClN2SSe. The van der Waals surface area contributed by atoms with Crippen molar-refractivity contribution in [3.8, 4) is 0 Å². The van der Waals surface area contributed by atoms with Crippen molar-refractivity contribution in [1.82, 2.24) is 0 Å².